The zero-order chi connectivity index (χ0) is 22.9. The summed E-state index contributed by atoms with van der Waals surface area (Å²) >= 11 is 0. The lowest BCUT2D eigenvalue weighted by Gasteiger charge is -2.41. The summed E-state index contributed by atoms with van der Waals surface area (Å²) in [7, 11) is 1.58. The van der Waals surface area contributed by atoms with Crippen LogP contribution in [0.1, 0.15) is 31.9 Å². The first-order chi connectivity index (χ1) is 15.2. The minimum Gasteiger partial charge on any atom is -0.494 e. The van der Waals surface area contributed by atoms with E-state index < -0.39 is 11.8 Å². The van der Waals surface area contributed by atoms with Crippen molar-refractivity contribution >= 4 is 11.6 Å². The van der Waals surface area contributed by atoms with Gasteiger partial charge < -0.3 is 24.4 Å². The Kier molecular flexibility index (Phi) is 6.13. The molecule has 2 aromatic carbocycles. The molecule has 1 saturated carbocycles. The number of alkyl halides is 2. The Bertz CT molecular complexity index is 961. The van der Waals surface area contributed by atoms with Crippen LogP contribution >= 0.6 is 0 Å². The smallest absolute Gasteiger partial charge is 0.255 e. The van der Waals surface area contributed by atoms with Crippen molar-refractivity contribution in [2.45, 2.75) is 38.3 Å². The maximum Gasteiger partial charge on any atom is 0.255 e. The Hall–Kier alpha value is -3.03. The van der Waals surface area contributed by atoms with Gasteiger partial charge in [0.15, 0.2) is 0 Å². The minimum absolute atomic E-state index is 0.0114. The molecule has 172 valence electrons. The number of anilines is 1. The van der Waals surface area contributed by atoms with Gasteiger partial charge in [0.2, 0.25) is 5.91 Å². The van der Waals surface area contributed by atoms with E-state index in [4.69, 9.17) is 14.2 Å². The summed E-state index contributed by atoms with van der Waals surface area (Å²) in [5.41, 5.74) is 1.93. The van der Waals surface area contributed by atoms with E-state index >= 15 is 0 Å². The Balaban J connectivity index is 1.28. The van der Waals surface area contributed by atoms with Crippen LogP contribution in [0.2, 0.25) is 0 Å². The van der Waals surface area contributed by atoms with Gasteiger partial charge in [-0.25, -0.2) is 8.78 Å². The van der Waals surface area contributed by atoms with Gasteiger partial charge in [0.05, 0.1) is 44.5 Å². The summed E-state index contributed by atoms with van der Waals surface area (Å²) < 4.78 is 43.1. The van der Waals surface area contributed by atoms with Crippen molar-refractivity contribution in [2.75, 3.05) is 31.7 Å². The van der Waals surface area contributed by atoms with E-state index in [1.807, 2.05) is 37.3 Å². The van der Waals surface area contributed by atoms with Crippen LogP contribution in [0.5, 0.6) is 17.2 Å². The van der Waals surface area contributed by atoms with Gasteiger partial charge in [-0.15, -0.1) is 0 Å². The molecule has 1 amide bonds. The number of methoxy groups -OCH3 is 1. The van der Waals surface area contributed by atoms with Crippen molar-refractivity contribution in [3.8, 4) is 17.2 Å². The minimum atomic E-state index is -2.58. The van der Waals surface area contributed by atoms with E-state index in [1.54, 1.807) is 19.2 Å². The molecule has 0 spiro atoms. The van der Waals surface area contributed by atoms with Crippen molar-refractivity contribution in [3.05, 3.63) is 48.0 Å². The largest absolute Gasteiger partial charge is 0.494 e. The molecule has 1 unspecified atom stereocenters. The van der Waals surface area contributed by atoms with Gasteiger partial charge in [-0.05, 0) is 36.8 Å². The molecular formula is C24H28F2N2O4. The van der Waals surface area contributed by atoms with Crippen LogP contribution in [0.15, 0.2) is 42.5 Å². The summed E-state index contributed by atoms with van der Waals surface area (Å²) in [6, 6.07) is 13.1. The Labute approximate surface area is 186 Å². The third-order valence-electron chi connectivity index (χ3n) is 5.85. The van der Waals surface area contributed by atoms with Crippen LogP contribution in [-0.2, 0) is 4.79 Å². The number of nitrogens with one attached hydrogen (secondary N) is 1. The molecule has 0 bridgehead atoms. The molecule has 1 aliphatic heterocycles. The fraction of sp³-hybridized carbons (Fsp3) is 0.458. The average molecular weight is 446 g/mol. The number of halogens is 2. The maximum absolute atomic E-state index is 13.0. The molecule has 2 atom stereocenters. The quantitative estimate of drug-likeness (QED) is 0.626. The van der Waals surface area contributed by atoms with Crippen LogP contribution in [-0.4, -0.2) is 44.7 Å². The van der Waals surface area contributed by atoms with Crippen molar-refractivity contribution in [1.82, 2.24) is 5.32 Å². The van der Waals surface area contributed by atoms with Crippen LogP contribution in [0.25, 0.3) is 0 Å². The molecule has 1 aliphatic carbocycles. The topological polar surface area (TPSA) is 60.0 Å². The first kappa shape index (κ1) is 22.2. The Morgan fingerprint density at radius 1 is 1.19 bits per heavy atom. The van der Waals surface area contributed by atoms with Crippen molar-refractivity contribution in [3.63, 3.8) is 0 Å². The van der Waals surface area contributed by atoms with Gasteiger partial charge in [0.1, 0.15) is 23.4 Å². The molecule has 6 nitrogen and oxygen atoms in total. The highest BCUT2D eigenvalue weighted by Crippen LogP contribution is 2.48. The fourth-order valence-electron chi connectivity index (χ4n) is 3.78. The lowest BCUT2D eigenvalue weighted by atomic mass is 10.1. The number of amides is 1. The second-order valence-electron chi connectivity index (χ2n) is 8.44. The third-order valence-corrected chi connectivity index (χ3v) is 5.85. The lowest BCUT2D eigenvalue weighted by molar-refractivity contribution is -0.119. The second-order valence-corrected chi connectivity index (χ2v) is 8.44. The molecule has 1 saturated heterocycles. The maximum atomic E-state index is 13.0. The molecule has 0 radical (unpaired) electrons. The average Bonchev–Trinajstić information content (AvgIpc) is 3.35. The van der Waals surface area contributed by atoms with Gasteiger partial charge in [0, 0.05) is 19.4 Å². The van der Waals surface area contributed by atoms with Crippen LogP contribution < -0.4 is 24.4 Å². The molecule has 2 fully saturated rings. The van der Waals surface area contributed by atoms with Crippen molar-refractivity contribution < 1.29 is 27.8 Å². The first-order valence-corrected chi connectivity index (χ1v) is 10.7. The van der Waals surface area contributed by atoms with Gasteiger partial charge >= 0.3 is 0 Å². The molecule has 2 aromatic rings. The molecule has 1 N–H and O–H groups in total. The molecule has 4 rings (SSSR count). The molecule has 32 heavy (non-hydrogen) atoms. The van der Waals surface area contributed by atoms with Gasteiger partial charge in [-0.3, -0.25) is 4.79 Å². The predicted octanol–water partition coefficient (Wildman–Crippen LogP) is 4.19. The van der Waals surface area contributed by atoms with E-state index in [-0.39, 0.29) is 31.1 Å². The van der Waals surface area contributed by atoms with Gasteiger partial charge in [-0.2, -0.15) is 0 Å². The number of hydrogen-bond acceptors (Lipinski definition) is 5. The van der Waals surface area contributed by atoms with Crippen LogP contribution in [0, 0.1) is 5.92 Å². The monoisotopic (exact) mass is 446 g/mol. The number of carbonyl (C=O) groups is 1. The number of nitrogens with zero attached hydrogens (tertiary/aromatic N) is 1. The highest BCUT2D eigenvalue weighted by atomic mass is 19.3. The van der Waals surface area contributed by atoms with E-state index in [1.165, 1.54) is 6.92 Å². The Morgan fingerprint density at radius 3 is 2.44 bits per heavy atom. The third kappa shape index (κ3) is 5.06. The summed E-state index contributed by atoms with van der Waals surface area (Å²) in [6.07, 6.45) is -0.0552. The Morgan fingerprint density at radius 2 is 1.84 bits per heavy atom. The predicted molar refractivity (Wildman–Crippen MR) is 117 cm³/mol. The van der Waals surface area contributed by atoms with E-state index in [0.717, 1.165) is 17.0 Å². The number of ether oxygens (including phenoxy) is 3. The highest BCUT2D eigenvalue weighted by Gasteiger charge is 2.57. The summed E-state index contributed by atoms with van der Waals surface area (Å²) in [4.78, 5) is 13.3. The number of carbonyl (C=O) groups excluding carboxylic acids is 1. The second kappa shape index (κ2) is 8.84. The molecular weight excluding hydrogens is 418 g/mol. The van der Waals surface area contributed by atoms with Gasteiger partial charge in [-0.1, -0.05) is 12.1 Å². The van der Waals surface area contributed by atoms with E-state index in [9.17, 15) is 13.6 Å². The zero-order valence-corrected chi connectivity index (χ0v) is 18.4. The summed E-state index contributed by atoms with van der Waals surface area (Å²) in [6.45, 7) is 4.86. The lowest BCUT2D eigenvalue weighted by Crippen LogP contribution is -2.54. The van der Waals surface area contributed by atoms with Crippen LogP contribution in [0.4, 0.5) is 14.5 Å². The number of hydrogen-bond donors (Lipinski definition) is 1. The summed E-state index contributed by atoms with van der Waals surface area (Å²) in [5, 5.41) is 2.86. The fourth-order valence-corrected chi connectivity index (χ4v) is 3.78. The standard InChI is InChI=1S/C24H28F2N2O4/c1-15(27-16(2)29)17-4-6-19(7-5-17)32-21-12-28(13-21)22-9-8-20(10-23(22)30-3)31-14-18-11-24(18,25)26/h4-10,15,18,21H,11-14H2,1-3H3,(H,27,29)/t15-,18?/m0/s1. The van der Waals surface area contributed by atoms with Crippen molar-refractivity contribution in [1.29, 1.82) is 0 Å². The molecule has 8 heteroatoms. The summed E-state index contributed by atoms with van der Waals surface area (Å²) in [5.74, 6) is -1.40. The van der Waals surface area contributed by atoms with Gasteiger partial charge in [0.25, 0.3) is 5.92 Å². The normalized spacial score (nSPS) is 20.2. The van der Waals surface area contributed by atoms with E-state index in [0.29, 0.717) is 24.6 Å². The number of rotatable bonds is 9. The molecule has 0 aromatic heterocycles. The highest BCUT2D eigenvalue weighted by molar-refractivity contribution is 5.73. The number of benzene rings is 2. The molecule has 2 aliphatic rings. The molecule has 1 heterocycles. The van der Waals surface area contributed by atoms with Crippen molar-refractivity contribution in [2.24, 2.45) is 5.92 Å². The first-order valence-electron chi connectivity index (χ1n) is 10.7. The van der Waals surface area contributed by atoms with Crippen LogP contribution in [0.3, 0.4) is 0 Å². The SMILES string of the molecule is COc1cc(OCC2CC2(F)F)ccc1N1CC(Oc2ccc([C@H](C)NC(C)=O)cc2)C1. The van der Waals surface area contributed by atoms with E-state index in [2.05, 4.69) is 10.2 Å². The zero-order valence-electron chi connectivity index (χ0n) is 18.4.